The van der Waals surface area contributed by atoms with Crippen LogP contribution in [0.4, 0.5) is 0 Å². The summed E-state index contributed by atoms with van der Waals surface area (Å²) in [7, 11) is 0. The first-order chi connectivity index (χ1) is 5.81. The molecule has 1 aromatic carbocycles. The highest BCUT2D eigenvalue weighted by Crippen LogP contribution is 2.28. The second-order valence-corrected chi connectivity index (χ2v) is 4.34. The fourth-order valence-electron chi connectivity index (χ4n) is 1.34. The number of rotatable bonds is 1. The molecule has 2 heteroatoms. The van der Waals surface area contributed by atoms with Gasteiger partial charge in [-0.3, -0.25) is 0 Å². The lowest BCUT2D eigenvalue weighted by Crippen LogP contribution is -1.69. The first-order valence-electron chi connectivity index (χ1n) is 3.90. The maximum absolute atomic E-state index is 4.27. The minimum Gasteiger partial charge on any atom is -0.174 e. The molecule has 2 rings (SSSR count). The molecule has 0 unspecified atom stereocenters. The SMILES string of the molecule is Cc1cccc2sc(CS)cc12. The molecule has 0 aliphatic heterocycles. The zero-order chi connectivity index (χ0) is 8.55. The van der Waals surface area contributed by atoms with Crippen LogP contribution in [0.25, 0.3) is 10.1 Å². The van der Waals surface area contributed by atoms with Crippen LogP contribution in [0.3, 0.4) is 0 Å². The second kappa shape index (κ2) is 3.11. The van der Waals surface area contributed by atoms with Crippen LogP contribution in [-0.2, 0) is 5.75 Å². The van der Waals surface area contributed by atoms with Crippen molar-refractivity contribution in [3.8, 4) is 0 Å². The molecule has 0 amide bonds. The van der Waals surface area contributed by atoms with Crippen molar-refractivity contribution in [2.24, 2.45) is 0 Å². The molecule has 0 saturated heterocycles. The Balaban J connectivity index is 2.74. The lowest BCUT2D eigenvalue weighted by Gasteiger charge is -1.91. The molecule has 0 aliphatic carbocycles. The van der Waals surface area contributed by atoms with Crippen LogP contribution in [0, 0.1) is 6.92 Å². The van der Waals surface area contributed by atoms with Gasteiger partial charge in [0.2, 0.25) is 0 Å². The monoisotopic (exact) mass is 194 g/mol. The van der Waals surface area contributed by atoms with Crippen LogP contribution >= 0.6 is 24.0 Å². The minimum absolute atomic E-state index is 0.846. The summed E-state index contributed by atoms with van der Waals surface area (Å²) in [5.74, 6) is 0.846. The van der Waals surface area contributed by atoms with Crippen LogP contribution < -0.4 is 0 Å². The van der Waals surface area contributed by atoms with E-state index in [4.69, 9.17) is 0 Å². The molecule has 0 N–H and O–H groups in total. The van der Waals surface area contributed by atoms with Gasteiger partial charge in [0.15, 0.2) is 0 Å². The van der Waals surface area contributed by atoms with E-state index in [-0.39, 0.29) is 0 Å². The number of thiophene rings is 1. The Labute approximate surface area is 81.6 Å². The van der Waals surface area contributed by atoms with Crippen molar-refractivity contribution in [3.05, 3.63) is 34.7 Å². The van der Waals surface area contributed by atoms with Crippen molar-refractivity contribution in [1.82, 2.24) is 0 Å². The molecule has 0 saturated carbocycles. The number of thiol groups is 1. The van der Waals surface area contributed by atoms with E-state index in [1.165, 1.54) is 20.5 Å². The molecule has 2 aromatic rings. The molecule has 0 nitrogen and oxygen atoms in total. The number of hydrogen-bond donors (Lipinski definition) is 1. The Morgan fingerprint density at radius 2 is 2.25 bits per heavy atom. The van der Waals surface area contributed by atoms with E-state index in [0.29, 0.717) is 0 Å². The van der Waals surface area contributed by atoms with Gasteiger partial charge in [0.25, 0.3) is 0 Å². The van der Waals surface area contributed by atoms with Crippen molar-refractivity contribution < 1.29 is 0 Å². The molecule has 0 spiro atoms. The molecule has 12 heavy (non-hydrogen) atoms. The predicted octanol–water partition coefficient (Wildman–Crippen LogP) is 3.64. The maximum Gasteiger partial charge on any atom is 0.0348 e. The Hall–Kier alpha value is -0.470. The van der Waals surface area contributed by atoms with Crippen LogP contribution in [-0.4, -0.2) is 0 Å². The van der Waals surface area contributed by atoms with Crippen molar-refractivity contribution >= 4 is 34.1 Å². The second-order valence-electron chi connectivity index (χ2n) is 2.86. The van der Waals surface area contributed by atoms with Gasteiger partial charge in [0.05, 0.1) is 0 Å². The number of benzene rings is 1. The van der Waals surface area contributed by atoms with Gasteiger partial charge < -0.3 is 0 Å². The summed E-state index contributed by atoms with van der Waals surface area (Å²) in [5.41, 5.74) is 1.36. The van der Waals surface area contributed by atoms with E-state index in [1.54, 1.807) is 0 Å². The maximum atomic E-state index is 4.27. The molecule has 1 heterocycles. The van der Waals surface area contributed by atoms with Crippen LogP contribution in [0.1, 0.15) is 10.4 Å². The number of aryl methyl sites for hydroxylation is 1. The van der Waals surface area contributed by atoms with Gasteiger partial charge >= 0.3 is 0 Å². The predicted molar refractivity (Wildman–Crippen MR) is 59.3 cm³/mol. The van der Waals surface area contributed by atoms with Crippen LogP contribution in [0.2, 0.25) is 0 Å². The minimum atomic E-state index is 0.846. The van der Waals surface area contributed by atoms with E-state index >= 15 is 0 Å². The van der Waals surface area contributed by atoms with Gasteiger partial charge in [-0.15, -0.1) is 11.3 Å². The van der Waals surface area contributed by atoms with Crippen molar-refractivity contribution in [2.45, 2.75) is 12.7 Å². The van der Waals surface area contributed by atoms with E-state index < -0.39 is 0 Å². The lowest BCUT2D eigenvalue weighted by molar-refractivity contribution is 1.53. The Bertz CT molecular complexity index is 401. The van der Waals surface area contributed by atoms with Gasteiger partial charge in [-0.25, -0.2) is 0 Å². The summed E-state index contributed by atoms with van der Waals surface area (Å²) in [5, 5.41) is 1.38. The van der Waals surface area contributed by atoms with Crippen LogP contribution in [0.5, 0.6) is 0 Å². The van der Waals surface area contributed by atoms with Gasteiger partial charge in [-0.2, -0.15) is 12.6 Å². The molecule has 62 valence electrons. The summed E-state index contributed by atoms with van der Waals surface area (Å²) in [4.78, 5) is 1.35. The molecule has 0 bridgehead atoms. The summed E-state index contributed by atoms with van der Waals surface area (Å²) in [6, 6.07) is 8.66. The van der Waals surface area contributed by atoms with Gasteiger partial charge in [0.1, 0.15) is 0 Å². The van der Waals surface area contributed by atoms with E-state index in [2.05, 4.69) is 43.8 Å². The first kappa shape index (κ1) is 8.14. The highest BCUT2D eigenvalue weighted by molar-refractivity contribution is 7.79. The topological polar surface area (TPSA) is 0 Å². The molecule has 0 atom stereocenters. The van der Waals surface area contributed by atoms with E-state index in [0.717, 1.165) is 5.75 Å². The van der Waals surface area contributed by atoms with Gasteiger partial charge in [-0.05, 0) is 30.0 Å². The fraction of sp³-hybridized carbons (Fsp3) is 0.200. The Kier molecular flexibility index (Phi) is 2.11. The third kappa shape index (κ3) is 1.25. The fourth-order valence-corrected chi connectivity index (χ4v) is 2.62. The summed E-state index contributed by atoms with van der Waals surface area (Å²) < 4.78 is 1.37. The van der Waals surface area contributed by atoms with Gasteiger partial charge in [-0.1, -0.05) is 12.1 Å². The smallest absolute Gasteiger partial charge is 0.0348 e. The largest absolute Gasteiger partial charge is 0.174 e. The highest BCUT2D eigenvalue weighted by Gasteiger charge is 2.01. The molecular weight excluding hydrogens is 184 g/mol. The average molecular weight is 194 g/mol. The molecule has 1 aromatic heterocycles. The summed E-state index contributed by atoms with van der Waals surface area (Å²) >= 11 is 6.10. The number of hydrogen-bond acceptors (Lipinski definition) is 2. The molecule has 0 aliphatic rings. The van der Waals surface area contributed by atoms with Crippen molar-refractivity contribution in [3.63, 3.8) is 0 Å². The third-order valence-corrected chi connectivity index (χ3v) is 3.64. The summed E-state index contributed by atoms with van der Waals surface area (Å²) in [6.07, 6.45) is 0. The highest BCUT2D eigenvalue weighted by atomic mass is 32.1. The molecule has 0 fully saturated rings. The number of fused-ring (bicyclic) bond motifs is 1. The van der Waals surface area contributed by atoms with E-state index in [1.807, 2.05) is 11.3 Å². The standard InChI is InChI=1S/C10H10S2/c1-7-3-2-4-10-9(7)5-8(6-11)12-10/h2-5,11H,6H2,1H3. The third-order valence-electron chi connectivity index (χ3n) is 1.99. The quantitative estimate of drug-likeness (QED) is 0.658. The zero-order valence-electron chi connectivity index (χ0n) is 6.87. The van der Waals surface area contributed by atoms with Gasteiger partial charge in [0, 0.05) is 15.3 Å². The van der Waals surface area contributed by atoms with E-state index in [9.17, 15) is 0 Å². The molecular formula is C10H10S2. The Morgan fingerprint density at radius 1 is 1.42 bits per heavy atom. The average Bonchev–Trinajstić information content (AvgIpc) is 2.49. The summed E-state index contributed by atoms with van der Waals surface area (Å²) in [6.45, 7) is 2.15. The first-order valence-corrected chi connectivity index (χ1v) is 5.35. The Morgan fingerprint density at radius 3 is 2.92 bits per heavy atom. The van der Waals surface area contributed by atoms with Crippen molar-refractivity contribution in [2.75, 3.05) is 0 Å². The van der Waals surface area contributed by atoms with Crippen LogP contribution in [0.15, 0.2) is 24.3 Å². The normalized spacial score (nSPS) is 10.8. The lowest BCUT2D eigenvalue weighted by atomic mass is 10.1. The zero-order valence-corrected chi connectivity index (χ0v) is 8.58. The molecule has 0 radical (unpaired) electrons. The van der Waals surface area contributed by atoms with Crippen molar-refractivity contribution in [1.29, 1.82) is 0 Å².